The summed E-state index contributed by atoms with van der Waals surface area (Å²) in [5.41, 5.74) is 4.99. The number of rotatable bonds is 54. The summed E-state index contributed by atoms with van der Waals surface area (Å²) in [6, 6.07) is 21.2. The number of carbonyl (C=O) groups is 9. The van der Waals surface area contributed by atoms with Gasteiger partial charge < -0.3 is 76.4 Å². The van der Waals surface area contributed by atoms with Crippen LogP contribution in [0.2, 0.25) is 0 Å². The lowest BCUT2D eigenvalue weighted by Crippen LogP contribution is -2.49. The first kappa shape index (κ1) is 85.5. The van der Waals surface area contributed by atoms with Gasteiger partial charge in [-0.15, -0.1) is 0 Å². The molecule has 3 aromatic carbocycles. The molecule has 25 heteroatoms. The first-order valence-corrected chi connectivity index (χ1v) is 37.1. The summed E-state index contributed by atoms with van der Waals surface area (Å²) in [7, 11) is 0. The highest BCUT2D eigenvalue weighted by Crippen LogP contribution is 2.30. The Morgan fingerprint density at radius 1 is 0.500 bits per heavy atom. The first-order valence-electron chi connectivity index (χ1n) is 36.0. The van der Waals surface area contributed by atoms with Gasteiger partial charge in [0.15, 0.2) is 5.79 Å². The molecule has 0 radical (unpaired) electrons. The SMILES string of the molecule is CCCC(C)CC(O)(O)CCCCC(C)NC(=O)CC[C@H](NC(=O)CCCCCNC(=O)CCC(NC(=O)CCOCCOCCOCCOCCNC(=O)CCC(=O)N1Cc2ccccc2/C=C\c2ccccc21)C(=O)NC(C)CCCCNC(=O)CCCc1ccc(I)cc1)C(=O)O. The van der Waals surface area contributed by atoms with E-state index in [2.05, 4.69) is 97.1 Å². The van der Waals surface area contributed by atoms with E-state index in [9.17, 15) is 58.5 Å². The Bertz CT molecular complexity index is 2970. The smallest absolute Gasteiger partial charge is 0.326 e. The van der Waals surface area contributed by atoms with Crippen LogP contribution in [0, 0.1) is 9.49 Å². The predicted octanol–water partition coefficient (Wildman–Crippen LogP) is 8.34. The number of carbonyl (C=O) groups excluding carboxylic acids is 8. The van der Waals surface area contributed by atoms with Crippen LogP contribution in [0.5, 0.6) is 0 Å². The summed E-state index contributed by atoms with van der Waals surface area (Å²) < 4.78 is 23.6. The molecule has 1 aliphatic heterocycles. The lowest BCUT2D eigenvalue weighted by atomic mass is 9.93. The minimum atomic E-state index is -1.72. The summed E-state index contributed by atoms with van der Waals surface area (Å²) in [6.45, 7) is 11.2. The Labute approximate surface area is 605 Å². The van der Waals surface area contributed by atoms with Crippen LogP contribution >= 0.6 is 22.6 Å². The minimum absolute atomic E-state index is 0.00406. The predicted molar refractivity (Wildman–Crippen MR) is 393 cm³/mol. The van der Waals surface area contributed by atoms with E-state index in [1.165, 1.54) is 5.56 Å². The summed E-state index contributed by atoms with van der Waals surface area (Å²) in [5.74, 6) is -5.18. The number of ether oxygens (including phenoxy) is 4. The molecule has 0 saturated heterocycles. The fraction of sp³-hybridized carbons (Fsp3) is 0.613. The number of aliphatic carboxylic acids is 1. The van der Waals surface area contributed by atoms with Gasteiger partial charge in [0.25, 0.3) is 0 Å². The summed E-state index contributed by atoms with van der Waals surface area (Å²) in [4.78, 5) is 118. The highest BCUT2D eigenvalue weighted by molar-refractivity contribution is 14.1. The molecule has 0 spiro atoms. The highest BCUT2D eigenvalue weighted by atomic mass is 127. The van der Waals surface area contributed by atoms with Gasteiger partial charge in [0.05, 0.1) is 65.1 Å². The molecule has 0 aromatic heterocycles. The monoisotopic (exact) mass is 1510 g/mol. The van der Waals surface area contributed by atoms with Crippen LogP contribution in [0.1, 0.15) is 198 Å². The molecule has 1 aliphatic rings. The number of halogens is 1. The van der Waals surface area contributed by atoms with E-state index in [1.807, 2.05) is 75.4 Å². The Morgan fingerprint density at radius 3 is 1.72 bits per heavy atom. The average Bonchev–Trinajstić information content (AvgIpc) is 0.805. The topological polar surface area (TPSA) is 339 Å². The molecule has 0 bridgehead atoms. The molecular weight excluding hydrogens is 1400 g/mol. The van der Waals surface area contributed by atoms with E-state index in [4.69, 9.17) is 18.9 Å². The fourth-order valence-electron chi connectivity index (χ4n) is 11.5. The van der Waals surface area contributed by atoms with E-state index >= 15 is 0 Å². The van der Waals surface area contributed by atoms with Crippen molar-refractivity contribution < 1.29 is 77.4 Å². The molecule has 10 N–H and O–H groups in total. The largest absolute Gasteiger partial charge is 0.480 e. The van der Waals surface area contributed by atoms with E-state index in [0.29, 0.717) is 104 Å². The molecule has 556 valence electrons. The second-order valence-corrected chi connectivity index (χ2v) is 27.2. The van der Waals surface area contributed by atoms with E-state index in [1.54, 1.807) is 4.90 Å². The van der Waals surface area contributed by atoms with Crippen molar-refractivity contribution in [1.82, 2.24) is 37.2 Å². The number of para-hydroxylation sites is 1. The number of nitrogens with one attached hydrogen (secondary N) is 7. The fourth-order valence-corrected chi connectivity index (χ4v) is 11.8. The number of amides is 8. The normalized spacial score (nSPS) is 13.7. The zero-order valence-corrected chi connectivity index (χ0v) is 61.6. The molecular formula is C75H113IN8O16. The van der Waals surface area contributed by atoms with Crippen molar-refractivity contribution in [2.75, 3.05) is 77.4 Å². The number of carboxylic acid groups (broad SMARTS) is 1. The number of unbranched alkanes of at least 4 members (excludes halogenated alkanes) is 4. The van der Waals surface area contributed by atoms with E-state index < -0.39 is 41.6 Å². The molecule has 5 atom stereocenters. The van der Waals surface area contributed by atoms with Gasteiger partial charge in [-0.05, 0) is 153 Å². The van der Waals surface area contributed by atoms with Gasteiger partial charge in [0.2, 0.25) is 47.3 Å². The number of aryl methyl sites for hydroxylation is 1. The zero-order chi connectivity index (χ0) is 72.8. The molecule has 0 saturated carbocycles. The molecule has 0 aliphatic carbocycles. The van der Waals surface area contributed by atoms with E-state index in [-0.39, 0.29) is 145 Å². The van der Waals surface area contributed by atoms with Crippen molar-refractivity contribution in [2.45, 2.75) is 218 Å². The minimum Gasteiger partial charge on any atom is -0.480 e. The van der Waals surface area contributed by atoms with Crippen LogP contribution < -0.4 is 42.1 Å². The lowest BCUT2D eigenvalue weighted by Gasteiger charge is -2.27. The number of benzene rings is 3. The van der Waals surface area contributed by atoms with Gasteiger partial charge in [-0.1, -0.05) is 106 Å². The Morgan fingerprint density at radius 2 is 1.03 bits per heavy atom. The van der Waals surface area contributed by atoms with Crippen LogP contribution in [-0.2, 0) is 75.1 Å². The van der Waals surface area contributed by atoms with E-state index in [0.717, 1.165) is 58.1 Å². The van der Waals surface area contributed by atoms with Gasteiger partial charge in [-0.2, -0.15) is 0 Å². The van der Waals surface area contributed by atoms with Crippen molar-refractivity contribution in [2.24, 2.45) is 5.92 Å². The average molecular weight is 1510 g/mol. The van der Waals surface area contributed by atoms with Gasteiger partial charge in [0.1, 0.15) is 12.1 Å². The van der Waals surface area contributed by atoms with Gasteiger partial charge >= 0.3 is 5.97 Å². The molecule has 24 nitrogen and oxygen atoms in total. The quantitative estimate of drug-likeness (QED) is 0.0144. The first-order chi connectivity index (χ1) is 48.1. The molecule has 100 heavy (non-hydrogen) atoms. The molecule has 4 rings (SSSR count). The maximum absolute atomic E-state index is 13.7. The van der Waals surface area contributed by atoms with Crippen LogP contribution in [0.15, 0.2) is 72.8 Å². The maximum Gasteiger partial charge on any atom is 0.326 e. The van der Waals surface area contributed by atoms with Gasteiger partial charge in [-0.25, -0.2) is 4.79 Å². The third-order valence-electron chi connectivity index (χ3n) is 17.0. The van der Waals surface area contributed by atoms with Crippen molar-refractivity contribution in [3.8, 4) is 0 Å². The number of anilines is 1. The summed E-state index contributed by atoms with van der Waals surface area (Å²) in [5, 5.41) is 50.2. The molecule has 0 fully saturated rings. The van der Waals surface area contributed by atoms with Crippen LogP contribution in [0.4, 0.5) is 5.69 Å². The van der Waals surface area contributed by atoms with Crippen molar-refractivity contribution in [1.29, 1.82) is 0 Å². The molecule has 8 amide bonds. The van der Waals surface area contributed by atoms with Crippen molar-refractivity contribution in [3.05, 3.63) is 98.6 Å². The molecule has 4 unspecified atom stereocenters. The summed E-state index contributed by atoms with van der Waals surface area (Å²) >= 11 is 2.26. The Kier molecular flexibility index (Phi) is 43.2. The molecule has 1 heterocycles. The maximum atomic E-state index is 13.7. The van der Waals surface area contributed by atoms with Gasteiger partial charge in [0, 0.05) is 93.1 Å². The number of carboxylic acids is 1. The number of nitrogens with zero attached hydrogens (tertiary/aromatic N) is 1. The number of fused-ring (bicyclic) bond motifs is 2. The number of aliphatic hydroxyl groups is 2. The molecule has 3 aromatic rings. The second kappa shape index (κ2) is 50.5. The Hall–Kier alpha value is -6.88. The highest BCUT2D eigenvalue weighted by Gasteiger charge is 2.27. The van der Waals surface area contributed by atoms with Crippen molar-refractivity contribution in [3.63, 3.8) is 0 Å². The van der Waals surface area contributed by atoms with Crippen molar-refractivity contribution >= 4 is 93.7 Å². The van der Waals surface area contributed by atoms with Gasteiger partial charge in [-0.3, -0.25) is 38.4 Å². The lowest BCUT2D eigenvalue weighted by molar-refractivity contribution is -0.178. The van der Waals surface area contributed by atoms with Crippen LogP contribution in [0.25, 0.3) is 12.2 Å². The third-order valence-corrected chi connectivity index (χ3v) is 17.7. The summed E-state index contributed by atoms with van der Waals surface area (Å²) in [6.07, 6.45) is 13.8. The van der Waals surface area contributed by atoms with Crippen LogP contribution in [-0.4, -0.2) is 171 Å². The standard InChI is InChI=1S/C75H113IN8O16/c1-5-18-55(2)53-75(95,96)41-14-12-19-56(3)80-70(89)37-35-64(74(93)94)83-69(88)26-7-6-15-42-78-67(86)36-34-63(73(92)81-57(4)20-13-16-43-77-66(85)27-17-21-58-28-32-62(76)33-29-58)82-71(90)40-45-97-47-49-99-51-52-100-50-48-98-46-44-79-68(87)38-39-72(91)84-54-61-24-9-8-22-59(61)30-31-60-23-10-11-25-65(60)84/h8-11,22-25,28-33,55-57,63-64,95-96H,5-7,12-21,26-27,34-54H2,1-4H3,(H,77,85)(H,78,86)(H,79,87)(H,80,89)(H,81,92)(H,82,90)(H,83,88)(H,93,94)/b31-30-/t55?,56?,57?,63?,64-/m0/s1. The third kappa shape index (κ3) is 38.8. The number of hydrogen-bond donors (Lipinski definition) is 10. The number of hydrogen-bond acceptors (Lipinski definition) is 15. The Balaban J connectivity index is 1.07. The second-order valence-electron chi connectivity index (χ2n) is 26.0. The van der Waals surface area contributed by atoms with Crippen LogP contribution in [0.3, 0.4) is 0 Å². The zero-order valence-electron chi connectivity index (χ0n) is 59.4.